The molecule has 0 spiro atoms. The van der Waals surface area contributed by atoms with Gasteiger partial charge < -0.3 is 14.8 Å². The van der Waals surface area contributed by atoms with Crippen LogP contribution in [0.3, 0.4) is 0 Å². The Morgan fingerprint density at radius 2 is 1.89 bits per heavy atom. The fourth-order valence-corrected chi connectivity index (χ4v) is 2.71. The summed E-state index contributed by atoms with van der Waals surface area (Å²) in [5.41, 5.74) is 0. The van der Waals surface area contributed by atoms with Gasteiger partial charge in [-0.1, -0.05) is 25.7 Å². The average molecular weight is 255 g/mol. The number of nitrogens with one attached hydrogen (secondary N) is 1. The van der Waals surface area contributed by atoms with Crippen molar-refractivity contribution in [2.45, 2.75) is 63.6 Å². The molecule has 2 fully saturated rings. The zero-order valence-corrected chi connectivity index (χ0v) is 11.2. The van der Waals surface area contributed by atoms with Crippen LogP contribution in [0.15, 0.2) is 0 Å². The number of hydrogen-bond donors (Lipinski definition) is 1. The summed E-state index contributed by atoms with van der Waals surface area (Å²) >= 11 is 0. The van der Waals surface area contributed by atoms with Gasteiger partial charge in [0.25, 0.3) is 0 Å². The molecule has 1 aliphatic carbocycles. The quantitative estimate of drug-likeness (QED) is 0.604. The highest BCUT2D eigenvalue weighted by atomic mass is 16.5. The number of rotatable bonds is 5. The van der Waals surface area contributed by atoms with Crippen molar-refractivity contribution in [1.82, 2.24) is 5.32 Å². The van der Waals surface area contributed by atoms with Crippen LogP contribution in [0.5, 0.6) is 0 Å². The summed E-state index contributed by atoms with van der Waals surface area (Å²) in [6.07, 6.45) is 9.66. The van der Waals surface area contributed by atoms with E-state index < -0.39 is 0 Å². The molecule has 4 nitrogen and oxygen atoms in total. The van der Waals surface area contributed by atoms with Crippen LogP contribution >= 0.6 is 0 Å². The van der Waals surface area contributed by atoms with E-state index in [0.717, 1.165) is 19.4 Å². The fraction of sp³-hybridized carbons (Fsp3) is 0.929. The Balaban J connectivity index is 1.53. The van der Waals surface area contributed by atoms with E-state index in [2.05, 4.69) is 5.32 Å². The summed E-state index contributed by atoms with van der Waals surface area (Å²) in [6.45, 7) is 1.95. The summed E-state index contributed by atoms with van der Waals surface area (Å²) in [5, 5.41) is 2.89. The third-order valence-electron chi connectivity index (χ3n) is 3.78. The molecule has 4 heteroatoms. The molecule has 0 aromatic rings. The Hall–Kier alpha value is -0.610. The third-order valence-corrected chi connectivity index (χ3v) is 3.78. The highest BCUT2D eigenvalue weighted by molar-refractivity contribution is 5.80. The van der Waals surface area contributed by atoms with Crippen LogP contribution in [-0.4, -0.2) is 37.9 Å². The predicted molar refractivity (Wildman–Crippen MR) is 69.4 cm³/mol. The molecule has 104 valence electrons. The number of amides is 1. The lowest BCUT2D eigenvalue weighted by molar-refractivity contribution is -0.130. The Labute approximate surface area is 109 Å². The van der Waals surface area contributed by atoms with Gasteiger partial charge in [0.2, 0.25) is 5.91 Å². The largest absolute Gasteiger partial charge is 0.376 e. The zero-order valence-electron chi connectivity index (χ0n) is 11.2. The van der Waals surface area contributed by atoms with E-state index in [1.54, 1.807) is 0 Å². The van der Waals surface area contributed by atoms with Gasteiger partial charge in [-0.2, -0.15) is 0 Å². The molecular weight excluding hydrogens is 230 g/mol. The van der Waals surface area contributed by atoms with Crippen molar-refractivity contribution in [3.05, 3.63) is 0 Å². The molecule has 0 unspecified atom stereocenters. The molecule has 2 aliphatic rings. The third kappa shape index (κ3) is 4.58. The molecule has 1 saturated heterocycles. The summed E-state index contributed by atoms with van der Waals surface area (Å²) in [4.78, 5) is 11.7. The minimum Gasteiger partial charge on any atom is -0.376 e. The van der Waals surface area contributed by atoms with Crippen LogP contribution in [-0.2, 0) is 14.3 Å². The van der Waals surface area contributed by atoms with E-state index in [9.17, 15) is 4.79 Å². The molecule has 1 N–H and O–H groups in total. The van der Waals surface area contributed by atoms with Gasteiger partial charge >= 0.3 is 0 Å². The van der Waals surface area contributed by atoms with Gasteiger partial charge in [0, 0.05) is 13.2 Å². The van der Waals surface area contributed by atoms with Gasteiger partial charge in [0.05, 0.1) is 12.7 Å². The predicted octanol–water partition coefficient (Wildman–Crippen LogP) is 2.02. The second-order valence-electron chi connectivity index (χ2n) is 5.28. The van der Waals surface area contributed by atoms with Crippen molar-refractivity contribution in [2.75, 3.05) is 19.8 Å². The van der Waals surface area contributed by atoms with E-state index in [0.29, 0.717) is 19.3 Å². The molecule has 0 aromatic carbocycles. The lowest BCUT2D eigenvalue weighted by Crippen LogP contribution is -2.36. The Kier molecular flexibility index (Phi) is 5.94. The van der Waals surface area contributed by atoms with Crippen molar-refractivity contribution in [3.63, 3.8) is 0 Å². The van der Waals surface area contributed by atoms with Crippen LogP contribution < -0.4 is 5.32 Å². The second kappa shape index (κ2) is 7.74. The minimum atomic E-state index is -0.220. The van der Waals surface area contributed by atoms with Crippen LogP contribution in [0.2, 0.25) is 0 Å². The van der Waals surface area contributed by atoms with Crippen molar-refractivity contribution in [3.8, 4) is 0 Å². The summed E-state index contributed by atoms with van der Waals surface area (Å²) in [5.74, 6) is 0.0250. The Morgan fingerprint density at radius 3 is 2.56 bits per heavy atom. The van der Waals surface area contributed by atoms with Crippen LogP contribution in [0.1, 0.15) is 51.4 Å². The van der Waals surface area contributed by atoms with Crippen molar-refractivity contribution < 1.29 is 14.3 Å². The first-order valence-electron chi connectivity index (χ1n) is 7.37. The first-order chi connectivity index (χ1) is 8.86. The van der Waals surface area contributed by atoms with E-state index in [-0.39, 0.29) is 12.0 Å². The molecule has 1 amide bonds. The van der Waals surface area contributed by atoms with Gasteiger partial charge in [-0.05, 0) is 25.7 Å². The smallest absolute Gasteiger partial charge is 0.249 e. The van der Waals surface area contributed by atoms with Gasteiger partial charge in [0.15, 0.2) is 0 Å². The van der Waals surface area contributed by atoms with Crippen LogP contribution in [0, 0.1) is 0 Å². The van der Waals surface area contributed by atoms with Gasteiger partial charge in [-0.15, -0.1) is 0 Å². The topological polar surface area (TPSA) is 47.6 Å². The lowest BCUT2D eigenvalue weighted by Gasteiger charge is -2.16. The molecule has 0 radical (unpaired) electrons. The van der Waals surface area contributed by atoms with Gasteiger partial charge in [0.1, 0.15) is 6.10 Å². The second-order valence-corrected chi connectivity index (χ2v) is 5.28. The molecule has 1 saturated carbocycles. The molecule has 0 bridgehead atoms. The fourth-order valence-electron chi connectivity index (χ4n) is 2.71. The SMILES string of the molecule is O=C(NCCOC1CCCCCC1)[C@@H]1CCCO1. The molecule has 1 atom stereocenters. The normalized spacial score (nSPS) is 25.9. The van der Waals surface area contributed by atoms with Crippen LogP contribution in [0.25, 0.3) is 0 Å². The van der Waals surface area contributed by atoms with E-state index in [1.807, 2.05) is 0 Å². The Bertz CT molecular complexity index is 243. The van der Waals surface area contributed by atoms with Crippen LogP contribution in [0.4, 0.5) is 0 Å². The first-order valence-corrected chi connectivity index (χ1v) is 7.37. The number of hydrogen-bond acceptors (Lipinski definition) is 3. The molecule has 18 heavy (non-hydrogen) atoms. The lowest BCUT2D eigenvalue weighted by atomic mass is 10.1. The van der Waals surface area contributed by atoms with Gasteiger partial charge in [-0.25, -0.2) is 0 Å². The van der Waals surface area contributed by atoms with Crippen molar-refractivity contribution >= 4 is 5.91 Å². The van der Waals surface area contributed by atoms with Gasteiger partial charge in [-0.3, -0.25) is 4.79 Å². The van der Waals surface area contributed by atoms with Crippen molar-refractivity contribution in [1.29, 1.82) is 0 Å². The van der Waals surface area contributed by atoms with E-state index in [4.69, 9.17) is 9.47 Å². The standard InChI is InChI=1S/C14H25NO3/c16-14(13-8-5-10-18-13)15-9-11-17-12-6-3-1-2-4-7-12/h12-13H,1-11H2,(H,15,16)/t13-/m0/s1. The summed E-state index contributed by atoms with van der Waals surface area (Å²) in [6, 6.07) is 0. The maximum absolute atomic E-state index is 11.7. The summed E-state index contributed by atoms with van der Waals surface area (Å²) < 4.78 is 11.1. The van der Waals surface area contributed by atoms with Crippen molar-refractivity contribution in [2.24, 2.45) is 0 Å². The monoisotopic (exact) mass is 255 g/mol. The molecule has 1 heterocycles. The van der Waals surface area contributed by atoms with E-state index in [1.165, 1.54) is 38.5 Å². The Morgan fingerprint density at radius 1 is 1.11 bits per heavy atom. The number of carbonyl (C=O) groups is 1. The maximum atomic E-state index is 11.7. The minimum absolute atomic E-state index is 0.0250. The first kappa shape index (κ1) is 13.8. The molecule has 0 aromatic heterocycles. The maximum Gasteiger partial charge on any atom is 0.249 e. The zero-order chi connectivity index (χ0) is 12.6. The molecular formula is C14H25NO3. The number of ether oxygens (including phenoxy) is 2. The number of carbonyl (C=O) groups excluding carboxylic acids is 1. The molecule has 1 aliphatic heterocycles. The highest BCUT2D eigenvalue weighted by Crippen LogP contribution is 2.19. The highest BCUT2D eigenvalue weighted by Gasteiger charge is 2.23. The van der Waals surface area contributed by atoms with E-state index >= 15 is 0 Å². The summed E-state index contributed by atoms with van der Waals surface area (Å²) in [7, 11) is 0. The average Bonchev–Trinajstić information content (AvgIpc) is 2.80. The molecule has 2 rings (SSSR count).